The van der Waals surface area contributed by atoms with Gasteiger partial charge in [0.05, 0.1) is 12.7 Å². The highest BCUT2D eigenvalue weighted by Crippen LogP contribution is 2.13. The third-order valence-electron chi connectivity index (χ3n) is 3.09. The molecule has 0 spiro atoms. The van der Waals surface area contributed by atoms with Gasteiger partial charge in [-0.05, 0) is 26.7 Å². The number of nitrogens with zero attached hydrogens (tertiary/aromatic N) is 2. The summed E-state index contributed by atoms with van der Waals surface area (Å²) in [5, 5.41) is 3.33. The van der Waals surface area contributed by atoms with Crippen molar-refractivity contribution >= 4 is 5.96 Å². The first kappa shape index (κ1) is 15.2. The lowest BCUT2D eigenvalue weighted by atomic mass is 10.1. The number of guanidine groups is 1. The quantitative estimate of drug-likeness (QED) is 0.440. The van der Waals surface area contributed by atoms with Gasteiger partial charge in [0.2, 0.25) is 0 Å². The molecule has 0 radical (unpaired) electrons. The topological polar surface area (TPSA) is 46.1 Å². The van der Waals surface area contributed by atoms with E-state index in [0.717, 1.165) is 58.3 Å². The smallest absolute Gasteiger partial charge is 0.193 e. The molecule has 0 aromatic rings. The Hall–Kier alpha value is -0.810. The van der Waals surface area contributed by atoms with Crippen LogP contribution in [0.3, 0.4) is 0 Å². The van der Waals surface area contributed by atoms with Gasteiger partial charge in [-0.3, -0.25) is 4.99 Å². The van der Waals surface area contributed by atoms with Gasteiger partial charge in [0.25, 0.3) is 0 Å². The number of hydrogen-bond acceptors (Lipinski definition) is 3. The van der Waals surface area contributed by atoms with Gasteiger partial charge in [-0.2, -0.15) is 0 Å². The average Bonchev–Trinajstić information content (AvgIpc) is 2.41. The molecule has 18 heavy (non-hydrogen) atoms. The number of piperidine rings is 1. The molecule has 1 N–H and O–H groups in total. The zero-order valence-corrected chi connectivity index (χ0v) is 11.9. The van der Waals surface area contributed by atoms with E-state index >= 15 is 0 Å². The Bertz CT molecular complexity index is 238. The second kappa shape index (κ2) is 9.16. The molecule has 1 rings (SSSR count). The largest absolute Gasteiger partial charge is 0.380 e. The Labute approximate surface area is 111 Å². The molecule has 0 aliphatic carbocycles. The van der Waals surface area contributed by atoms with Crippen molar-refractivity contribution < 1.29 is 9.47 Å². The van der Waals surface area contributed by atoms with Crippen LogP contribution in [0.5, 0.6) is 0 Å². The number of ether oxygens (including phenoxy) is 2. The maximum atomic E-state index is 5.65. The molecule has 0 unspecified atom stereocenters. The molecule has 1 aliphatic rings. The number of nitrogens with one attached hydrogen (secondary N) is 1. The van der Waals surface area contributed by atoms with E-state index in [2.05, 4.69) is 22.1 Å². The molecule has 0 atom stereocenters. The Morgan fingerprint density at radius 2 is 2.00 bits per heavy atom. The van der Waals surface area contributed by atoms with Crippen LogP contribution >= 0.6 is 0 Å². The maximum absolute atomic E-state index is 5.65. The minimum absolute atomic E-state index is 0.424. The van der Waals surface area contributed by atoms with Crippen LogP contribution in [-0.4, -0.2) is 63.5 Å². The highest BCUT2D eigenvalue weighted by Gasteiger charge is 2.21. The predicted molar refractivity (Wildman–Crippen MR) is 74.1 cm³/mol. The van der Waals surface area contributed by atoms with Crippen molar-refractivity contribution in [1.29, 1.82) is 0 Å². The first-order valence-corrected chi connectivity index (χ1v) is 6.96. The van der Waals surface area contributed by atoms with E-state index < -0.39 is 0 Å². The number of rotatable bonds is 6. The Balaban J connectivity index is 2.25. The zero-order valence-electron chi connectivity index (χ0n) is 11.9. The number of aliphatic imine (C=N–C) groups is 1. The van der Waals surface area contributed by atoms with Gasteiger partial charge in [0.15, 0.2) is 5.96 Å². The van der Waals surface area contributed by atoms with Crippen LogP contribution in [0.2, 0.25) is 0 Å². The van der Waals surface area contributed by atoms with Crippen molar-refractivity contribution in [2.24, 2.45) is 4.99 Å². The highest BCUT2D eigenvalue weighted by molar-refractivity contribution is 5.79. The summed E-state index contributed by atoms with van der Waals surface area (Å²) in [7, 11) is 1.83. The van der Waals surface area contributed by atoms with Crippen LogP contribution in [0.1, 0.15) is 26.7 Å². The van der Waals surface area contributed by atoms with Crippen LogP contribution in [0.25, 0.3) is 0 Å². The summed E-state index contributed by atoms with van der Waals surface area (Å²) < 4.78 is 11.0. The van der Waals surface area contributed by atoms with E-state index in [1.54, 1.807) is 0 Å². The van der Waals surface area contributed by atoms with Crippen LogP contribution < -0.4 is 5.32 Å². The first-order chi connectivity index (χ1) is 8.81. The summed E-state index contributed by atoms with van der Waals surface area (Å²) in [6.45, 7) is 9.20. The molecule has 0 aromatic heterocycles. The summed E-state index contributed by atoms with van der Waals surface area (Å²) in [6.07, 6.45) is 2.59. The number of likely N-dealkylation sites (tertiary alicyclic amines) is 1. The molecule has 1 fully saturated rings. The Morgan fingerprint density at radius 3 is 2.56 bits per heavy atom. The second-order valence-corrected chi connectivity index (χ2v) is 4.31. The van der Waals surface area contributed by atoms with E-state index in [9.17, 15) is 0 Å². The lowest BCUT2D eigenvalue weighted by Crippen LogP contribution is -2.47. The second-order valence-electron chi connectivity index (χ2n) is 4.31. The molecule has 106 valence electrons. The molecular formula is C13H27N3O2. The van der Waals surface area contributed by atoms with Gasteiger partial charge in [0, 0.05) is 39.9 Å². The lowest BCUT2D eigenvalue weighted by Gasteiger charge is -2.34. The average molecular weight is 257 g/mol. The lowest BCUT2D eigenvalue weighted by molar-refractivity contribution is 0.0263. The predicted octanol–water partition coefficient (Wildman–Crippen LogP) is 1.10. The molecule has 1 heterocycles. The van der Waals surface area contributed by atoms with Crippen LogP contribution in [0, 0.1) is 0 Å². The molecular weight excluding hydrogens is 230 g/mol. The van der Waals surface area contributed by atoms with Crippen molar-refractivity contribution in [3.8, 4) is 0 Å². The van der Waals surface area contributed by atoms with Gasteiger partial charge in [-0.1, -0.05) is 0 Å². The van der Waals surface area contributed by atoms with Crippen molar-refractivity contribution in [1.82, 2.24) is 10.2 Å². The summed E-state index contributed by atoms with van der Waals surface area (Å²) >= 11 is 0. The van der Waals surface area contributed by atoms with E-state index in [1.807, 2.05) is 14.0 Å². The Kier molecular flexibility index (Phi) is 7.76. The number of hydrogen-bond donors (Lipinski definition) is 1. The molecule has 5 nitrogen and oxygen atoms in total. The molecule has 0 bridgehead atoms. The fraction of sp³-hybridized carbons (Fsp3) is 0.923. The van der Waals surface area contributed by atoms with E-state index in [1.165, 1.54) is 0 Å². The van der Waals surface area contributed by atoms with Gasteiger partial charge >= 0.3 is 0 Å². The van der Waals surface area contributed by atoms with Crippen molar-refractivity contribution in [2.45, 2.75) is 32.8 Å². The summed E-state index contributed by atoms with van der Waals surface area (Å²) in [4.78, 5) is 6.61. The normalized spacial score (nSPS) is 18.2. The van der Waals surface area contributed by atoms with Gasteiger partial charge < -0.3 is 19.7 Å². The minimum Gasteiger partial charge on any atom is -0.380 e. The SMILES string of the molecule is CCOCCNC(=NC)N1CCC(OCC)CC1. The van der Waals surface area contributed by atoms with Gasteiger partial charge in [0.1, 0.15) is 0 Å². The minimum atomic E-state index is 0.424. The monoisotopic (exact) mass is 257 g/mol. The fourth-order valence-corrected chi connectivity index (χ4v) is 2.18. The summed E-state index contributed by atoms with van der Waals surface area (Å²) in [5.41, 5.74) is 0. The zero-order chi connectivity index (χ0) is 13.2. The third kappa shape index (κ3) is 5.23. The third-order valence-corrected chi connectivity index (χ3v) is 3.09. The molecule has 0 amide bonds. The van der Waals surface area contributed by atoms with Crippen LogP contribution in [0.4, 0.5) is 0 Å². The standard InChI is InChI=1S/C13H27N3O2/c1-4-17-11-8-15-13(14-3)16-9-6-12(7-10-16)18-5-2/h12H,4-11H2,1-3H3,(H,14,15). The van der Waals surface area contributed by atoms with E-state index in [0.29, 0.717) is 6.10 Å². The van der Waals surface area contributed by atoms with Crippen molar-refractivity contribution in [3.63, 3.8) is 0 Å². The van der Waals surface area contributed by atoms with Gasteiger partial charge in [-0.15, -0.1) is 0 Å². The molecule has 1 aliphatic heterocycles. The van der Waals surface area contributed by atoms with Crippen molar-refractivity contribution in [2.75, 3.05) is 46.5 Å². The first-order valence-electron chi connectivity index (χ1n) is 6.96. The van der Waals surface area contributed by atoms with Gasteiger partial charge in [-0.25, -0.2) is 0 Å². The van der Waals surface area contributed by atoms with Crippen molar-refractivity contribution in [3.05, 3.63) is 0 Å². The van der Waals surface area contributed by atoms with E-state index in [4.69, 9.17) is 9.47 Å². The molecule has 1 saturated heterocycles. The Morgan fingerprint density at radius 1 is 1.28 bits per heavy atom. The molecule has 0 saturated carbocycles. The summed E-state index contributed by atoms with van der Waals surface area (Å²) in [5.74, 6) is 0.977. The fourth-order valence-electron chi connectivity index (χ4n) is 2.18. The summed E-state index contributed by atoms with van der Waals surface area (Å²) in [6, 6.07) is 0. The molecule has 5 heteroatoms. The van der Waals surface area contributed by atoms with Crippen LogP contribution in [-0.2, 0) is 9.47 Å². The van der Waals surface area contributed by atoms with E-state index in [-0.39, 0.29) is 0 Å². The molecule has 0 aromatic carbocycles. The highest BCUT2D eigenvalue weighted by atomic mass is 16.5. The maximum Gasteiger partial charge on any atom is 0.193 e. The van der Waals surface area contributed by atoms with Crippen LogP contribution in [0.15, 0.2) is 4.99 Å².